The zero-order chi connectivity index (χ0) is 14.5. The average Bonchev–Trinajstić information content (AvgIpc) is 3.02. The van der Waals surface area contributed by atoms with Crippen LogP contribution in [-0.2, 0) is 16.1 Å². The van der Waals surface area contributed by atoms with Crippen LogP contribution in [0.4, 0.5) is 0 Å². The molecule has 116 valence electrons. The Morgan fingerprint density at radius 3 is 2.43 bits per heavy atom. The molecular weight excluding hydrogens is 266 g/mol. The average molecular weight is 291 g/mol. The Hall–Kier alpha value is -1.33. The van der Waals surface area contributed by atoms with Crippen molar-refractivity contribution in [2.24, 2.45) is 0 Å². The lowest BCUT2D eigenvalue weighted by molar-refractivity contribution is -0.122. The van der Waals surface area contributed by atoms with Crippen LogP contribution in [0, 0.1) is 0 Å². The van der Waals surface area contributed by atoms with Crippen LogP contribution in [0.3, 0.4) is 0 Å². The van der Waals surface area contributed by atoms with E-state index in [1.54, 1.807) is 0 Å². The first-order valence-corrected chi connectivity index (χ1v) is 8.03. The maximum Gasteiger partial charge on any atom is 0.240 e. The highest BCUT2D eigenvalue weighted by Crippen LogP contribution is 2.19. The number of amides is 1. The number of nitrogens with one attached hydrogen (secondary N) is 1. The van der Waals surface area contributed by atoms with Crippen LogP contribution in [0.5, 0.6) is 0 Å². The van der Waals surface area contributed by atoms with Crippen LogP contribution < -0.4 is 5.32 Å². The third-order valence-corrected chi connectivity index (χ3v) is 4.59. The predicted octanol–water partition coefficient (Wildman–Crippen LogP) is 1.25. The number of carbonyl (C=O) groups excluding carboxylic acids is 1. The Kier molecular flexibility index (Phi) is 4.93. The summed E-state index contributed by atoms with van der Waals surface area (Å²) >= 11 is 0. The number of hydrogen-bond acceptors (Lipinski definition) is 3. The molecule has 1 N–H and O–H groups in total. The second-order valence-electron chi connectivity index (χ2n) is 6.08. The Labute approximate surface area is 126 Å². The molecule has 21 heavy (non-hydrogen) atoms. The minimum absolute atomic E-state index is 0.121. The van der Waals surface area contributed by atoms with E-state index in [9.17, 15) is 4.79 Å². The highest BCUT2D eigenvalue weighted by Gasteiger charge is 2.26. The summed E-state index contributed by atoms with van der Waals surface area (Å²) in [6, 6.07) is 4.92. The topological polar surface area (TPSA) is 46.5 Å². The number of piperidine rings is 1. The largest absolute Gasteiger partial charge is 0.381 e. The van der Waals surface area contributed by atoms with Crippen LogP contribution in [0.15, 0.2) is 24.5 Å². The van der Waals surface area contributed by atoms with Gasteiger partial charge in [0.05, 0.1) is 0 Å². The second kappa shape index (κ2) is 7.09. The molecule has 0 bridgehead atoms. The standard InChI is InChI=1S/C16H25N3O2/c20-16(13-18-7-1-2-8-18)17-14-3-9-19(10-4-14)15-5-11-21-12-6-15/h1-2,7-8,14-15H,3-6,9-13H2,(H,17,20). The molecule has 0 radical (unpaired) electrons. The van der Waals surface area contributed by atoms with Gasteiger partial charge in [-0.25, -0.2) is 0 Å². The van der Waals surface area contributed by atoms with Gasteiger partial charge in [-0.05, 0) is 37.8 Å². The van der Waals surface area contributed by atoms with Gasteiger partial charge < -0.3 is 19.5 Å². The van der Waals surface area contributed by atoms with Gasteiger partial charge in [0.1, 0.15) is 6.54 Å². The van der Waals surface area contributed by atoms with E-state index < -0.39 is 0 Å². The van der Waals surface area contributed by atoms with E-state index in [1.165, 1.54) is 0 Å². The lowest BCUT2D eigenvalue weighted by Crippen LogP contribution is -2.49. The number of hydrogen-bond donors (Lipinski definition) is 1. The molecule has 2 aliphatic heterocycles. The second-order valence-corrected chi connectivity index (χ2v) is 6.08. The quantitative estimate of drug-likeness (QED) is 0.908. The van der Waals surface area contributed by atoms with Crippen molar-refractivity contribution in [1.29, 1.82) is 0 Å². The summed E-state index contributed by atoms with van der Waals surface area (Å²) < 4.78 is 7.34. The number of ether oxygens (including phenoxy) is 1. The van der Waals surface area contributed by atoms with Gasteiger partial charge in [-0.1, -0.05) is 0 Å². The summed E-state index contributed by atoms with van der Waals surface area (Å²) in [4.78, 5) is 14.6. The zero-order valence-corrected chi connectivity index (χ0v) is 12.5. The fraction of sp³-hybridized carbons (Fsp3) is 0.688. The Balaban J connectivity index is 1.40. The number of nitrogens with zero attached hydrogens (tertiary/aromatic N) is 2. The van der Waals surface area contributed by atoms with E-state index in [0.29, 0.717) is 18.6 Å². The molecule has 5 nitrogen and oxygen atoms in total. The van der Waals surface area contributed by atoms with E-state index in [2.05, 4.69) is 10.2 Å². The monoisotopic (exact) mass is 291 g/mol. The van der Waals surface area contributed by atoms with E-state index in [0.717, 1.165) is 52.0 Å². The molecule has 0 unspecified atom stereocenters. The summed E-state index contributed by atoms with van der Waals surface area (Å²) in [6.45, 7) is 4.42. The normalized spacial score (nSPS) is 22.3. The smallest absolute Gasteiger partial charge is 0.240 e. The SMILES string of the molecule is O=C(Cn1cccc1)NC1CCN(C2CCOCC2)CC1. The van der Waals surface area contributed by atoms with Crippen molar-refractivity contribution in [3.8, 4) is 0 Å². The van der Waals surface area contributed by atoms with Crippen molar-refractivity contribution in [3.63, 3.8) is 0 Å². The Bertz CT molecular complexity index is 432. The summed E-state index contributed by atoms with van der Waals surface area (Å²) in [5, 5.41) is 3.17. The van der Waals surface area contributed by atoms with Crippen LogP contribution in [-0.4, -0.2) is 53.8 Å². The maximum atomic E-state index is 12.0. The van der Waals surface area contributed by atoms with E-state index in [1.807, 2.05) is 29.1 Å². The Morgan fingerprint density at radius 2 is 1.76 bits per heavy atom. The number of carbonyl (C=O) groups is 1. The molecule has 3 rings (SSSR count). The van der Waals surface area contributed by atoms with Gasteiger partial charge in [-0.2, -0.15) is 0 Å². The summed E-state index contributed by atoms with van der Waals surface area (Å²) in [6.07, 6.45) is 8.29. The van der Waals surface area contributed by atoms with Gasteiger partial charge in [0, 0.05) is 50.8 Å². The van der Waals surface area contributed by atoms with Gasteiger partial charge in [0.25, 0.3) is 0 Å². The zero-order valence-electron chi connectivity index (χ0n) is 12.5. The third-order valence-electron chi connectivity index (χ3n) is 4.59. The van der Waals surface area contributed by atoms with Gasteiger partial charge >= 0.3 is 0 Å². The lowest BCUT2D eigenvalue weighted by Gasteiger charge is -2.39. The fourth-order valence-corrected chi connectivity index (χ4v) is 3.37. The van der Waals surface area contributed by atoms with Crippen molar-refractivity contribution < 1.29 is 9.53 Å². The molecule has 0 aromatic carbocycles. The van der Waals surface area contributed by atoms with Crippen molar-refractivity contribution >= 4 is 5.91 Å². The molecule has 1 aromatic heterocycles. The molecule has 1 aromatic rings. The minimum atomic E-state index is 0.121. The summed E-state index contributed by atoms with van der Waals surface area (Å²) in [5.74, 6) is 0.121. The van der Waals surface area contributed by atoms with Crippen LogP contribution in [0.2, 0.25) is 0 Å². The molecular formula is C16H25N3O2. The number of likely N-dealkylation sites (tertiary alicyclic amines) is 1. The molecule has 1 amide bonds. The lowest BCUT2D eigenvalue weighted by atomic mass is 9.99. The fourth-order valence-electron chi connectivity index (χ4n) is 3.37. The minimum Gasteiger partial charge on any atom is -0.381 e. The maximum absolute atomic E-state index is 12.0. The molecule has 0 atom stereocenters. The molecule has 3 heterocycles. The van der Waals surface area contributed by atoms with Crippen molar-refractivity contribution in [2.75, 3.05) is 26.3 Å². The first-order chi connectivity index (χ1) is 10.3. The van der Waals surface area contributed by atoms with E-state index in [-0.39, 0.29) is 5.91 Å². The van der Waals surface area contributed by atoms with Crippen LogP contribution in [0.1, 0.15) is 25.7 Å². The van der Waals surface area contributed by atoms with E-state index in [4.69, 9.17) is 4.74 Å². The molecule has 0 spiro atoms. The molecule has 2 fully saturated rings. The first kappa shape index (κ1) is 14.6. The van der Waals surface area contributed by atoms with Gasteiger partial charge in [0.2, 0.25) is 5.91 Å². The van der Waals surface area contributed by atoms with E-state index >= 15 is 0 Å². The first-order valence-electron chi connectivity index (χ1n) is 8.03. The highest BCUT2D eigenvalue weighted by atomic mass is 16.5. The third kappa shape index (κ3) is 4.08. The van der Waals surface area contributed by atoms with Gasteiger partial charge in [-0.3, -0.25) is 4.79 Å². The number of aromatic nitrogens is 1. The summed E-state index contributed by atoms with van der Waals surface area (Å²) in [5.41, 5.74) is 0. The van der Waals surface area contributed by atoms with Gasteiger partial charge in [-0.15, -0.1) is 0 Å². The van der Waals surface area contributed by atoms with Crippen molar-refractivity contribution in [3.05, 3.63) is 24.5 Å². The molecule has 5 heteroatoms. The predicted molar refractivity (Wildman–Crippen MR) is 81.0 cm³/mol. The summed E-state index contributed by atoms with van der Waals surface area (Å²) in [7, 11) is 0. The van der Waals surface area contributed by atoms with Crippen LogP contribution in [0.25, 0.3) is 0 Å². The van der Waals surface area contributed by atoms with Crippen molar-refractivity contribution in [1.82, 2.24) is 14.8 Å². The van der Waals surface area contributed by atoms with Gasteiger partial charge in [0.15, 0.2) is 0 Å². The van der Waals surface area contributed by atoms with Crippen molar-refractivity contribution in [2.45, 2.75) is 44.3 Å². The molecule has 0 aliphatic carbocycles. The Morgan fingerprint density at radius 1 is 1.10 bits per heavy atom. The molecule has 2 saturated heterocycles. The number of rotatable bonds is 4. The molecule has 0 saturated carbocycles. The molecule has 2 aliphatic rings. The highest BCUT2D eigenvalue weighted by molar-refractivity contribution is 5.76. The van der Waals surface area contributed by atoms with Crippen LogP contribution >= 0.6 is 0 Å².